The van der Waals surface area contributed by atoms with Crippen molar-refractivity contribution in [2.75, 3.05) is 0 Å². The summed E-state index contributed by atoms with van der Waals surface area (Å²) in [6.07, 6.45) is 5.43. The summed E-state index contributed by atoms with van der Waals surface area (Å²) in [6, 6.07) is 0. The van der Waals surface area contributed by atoms with Gasteiger partial charge in [-0.2, -0.15) is 0 Å². The quantitative estimate of drug-likeness (QED) is 0.628. The molecule has 3 heteroatoms. The van der Waals surface area contributed by atoms with Crippen LogP contribution < -0.4 is 0 Å². The lowest BCUT2D eigenvalue weighted by molar-refractivity contribution is -0.146. The Bertz CT molecular complexity index is 196. The Balaban J connectivity index is 2.39. The van der Waals surface area contributed by atoms with Gasteiger partial charge in [0.05, 0.1) is 0 Å². The maximum absolute atomic E-state index is 10.3. The van der Waals surface area contributed by atoms with Gasteiger partial charge in [-0.3, -0.25) is 0 Å². The third-order valence-electron chi connectivity index (χ3n) is 2.13. The highest BCUT2D eigenvalue weighted by Crippen LogP contribution is 2.21. The molecule has 0 aliphatic heterocycles. The molecule has 0 heterocycles. The SMILES string of the molecule is O=C(O)C(O)CC1=CCCCC1. The Labute approximate surface area is 71.7 Å². The molecule has 12 heavy (non-hydrogen) atoms. The van der Waals surface area contributed by atoms with E-state index < -0.39 is 12.1 Å². The minimum atomic E-state index is -1.21. The molecule has 0 bridgehead atoms. The summed E-state index contributed by atoms with van der Waals surface area (Å²) in [6.45, 7) is 0. The van der Waals surface area contributed by atoms with Gasteiger partial charge in [-0.05, 0) is 25.7 Å². The molecule has 2 N–H and O–H groups in total. The van der Waals surface area contributed by atoms with E-state index in [-0.39, 0.29) is 0 Å². The van der Waals surface area contributed by atoms with Gasteiger partial charge >= 0.3 is 5.97 Å². The van der Waals surface area contributed by atoms with Gasteiger partial charge in [-0.1, -0.05) is 11.6 Å². The highest BCUT2D eigenvalue weighted by atomic mass is 16.4. The molecule has 0 saturated heterocycles. The Morgan fingerprint density at radius 2 is 2.33 bits per heavy atom. The largest absolute Gasteiger partial charge is 0.479 e. The zero-order valence-electron chi connectivity index (χ0n) is 6.99. The lowest BCUT2D eigenvalue weighted by Gasteiger charge is -2.13. The van der Waals surface area contributed by atoms with Crippen molar-refractivity contribution in [3.63, 3.8) is 0 Å². The molecule has 0 fully saturated rings. The molecular formula is C9H14O3. The molecule has 3 nitrogen and oxygen atoms in total. The van der Waals surface area contributed by atoms with Crippen molar-refractivity contribution in [3.05, 3.63) is 11.6 Å². The van der Waals surface area contributed by atoms with Gasteiger partial charge in [0.25, 0.3) is 0 Å². The second-order valence-corrected chi connectivity index (χ2v) is 3.17. The summed E-state index contributed by atoms with van der Waals surface area (Å²) in [7, 11) is 0. The van der Waals surface area contributed by atoms with E-state index in [1.807, 2.05) is 0 Å². The lowest BCUT2D eigenvalue weighted by Crippen LogP contribution is -2.20. The van der Waals surface area contributed by atoms with Crippen LogP contribution in [0, 0.1) is 0 Å². The van der Waals surface area contributed by atoms with Crippen LogP contribution in [0.3, 0.4) is 0 Å². The molecule has 0 saturated carbocycles. The van der Waals surface area contributed by atoms with Crippen molar-refractivity contribution in [1.82, 2.24) is 0 Å². The minimum Gasteiger partial charge on any atom is -0.479 e. The van der Waals surface area contributed by atoms with Crippen LogP contribution in [0.4, 0.5) is 0 Å². The first-order valence-electron chi connectivity index (χ1n) is 4.29. The van der Waals surface area contributed by atoms with Gasteiger partial charge < -0.3 is 10.2 Å². The standard InChI is InChI=1S/C9H14O3/c10-8(9(11)12)6-7-4-2-1-3-5-7/h4,8,10H,1-3,5-6H2,(H,11,12). The maximum atomic E-state index is 10.3. The predicted octanol–water partition coefficient (Wildman–Crippen LogP) is 1.32. The van der Waals surface area contributed by atoms with E-state index >= 15 is 0 Å². The van der Waals surface area contributed by atoms with Crippen LogP contribution in [0.2, 0.25) is 0 Å². The van der Waals surface area contributed by atoms with Crippen LogP contribution in [-0.4, -0.2) is 22.3 Å². The van der Waals surface area contributed by atoms with Gasteiger partial charge in [-0.25, -0.2) is 4.79 Å². The highest BCUT2D eigenvalue weighted by molar-refractivity contribution is 5.72. The first-order valence-corrected chi connectivity index (χ1v) is 4.29. The summed E-state index contributed by atoms with van der Waals surface area (Å²) in [5, 5.41) is 17.5. The van der Waals surface area contributed by atoms with Crippen LogP contribution in [0.5, 0.6) is 0 Å². The van der Waals surface area contributed by atoms with Crippen LogP contribution in [-0.2, 0) is 4.79 Å². The average Bonchev–Trinajstić information content (AvgIpc) is 2.06. The van der Waals surface area contributed by atoms with Crippen molar-refractivity contribution >= 4 is 5.97 Å². The van der Waals surface area contributed by atoms with Crippen LogP contribution in [0.25, 0.3) is 0 Å². The minimum absolute atomic E-state index is 0.301. The van der Waals surface area contributed by atoms with Crippen molar-refractivity contribution in [3.8, 4) is 0 Å². The number of aliphatic hydroxyl groups excluding tert-OH is 1. The zero-order valence-corrected chi connectivity index (χ0v) is 6.99. The van der Waals surface area contributed by atoms with Gasteiger partial charge in [0.2, 0.25) is 0 Å². The second-order valence-electron chi connectivity index (χ2n) is 3.17. The maximum Gasteiger partial charge on any atom is 0.332 e. The van der Waals surface area contributed by atoms with E-state index in [9.17, 15) is 4.79 Å². The van der Waals surface area contributed by atoms with E-state index in [2.05, 4.69) is 6.08 Å². The molecule has 1 aliphatic rings. The summed E-state index contributed by atoms with van der Waals surface area (Å²) in [5.74, 6) is -1.12. The second kappa shape index (κ2) is 4.26. The number of carboxylic acid groups (broad SMARTS) is 1. The Kier molecular flexibility index (Phi) is 3.29. The number of carbonyl (C=O) groups is 1. The molecule has 1 aliphatic carbocycles. The predicted molar refractivity (Wildman–Crippen MR) is 44.8 cm³/mol. The number of allylic oxidation sites excluding steroid dienone is 1. The monoisotopic (exact) mass is 170 g/mol. The Morgan fingerprint density at radius 3 is 2.83 bits per heavy atom. The molecule has 0 aromatic carbocycles. The molecule has 68 valence electrons. The third kappa shape index (κ3) is 2.66. The highest BCUT2D eigenvalue weighted by Gasteiger charge is 2.15. The summed E-state index contributed by atoms with van der Waals surface area (Å²) >= 11 is 0. The van der Waals surface area contributed by atoms with Gasteiger partial charge in [0, 0.05) is 6.42 Å². The zero-order chi connectivity index (χ0) is 8.97. The van der Waals surface area contributed by atoms with Crippen molar-refractivity contribution in [2.24, 2.45) is 0 Å². The lowest BCUT2D eigenvalue weighted by atomic mass is 9.95. The number of aliphatic hydroxyl groups is 1. The van der Waals surface area contributed by atoms with E-state index in [1.165, 1.54) is 6.42 Å². The van der Waals surface area contributed by atoms with Crippen LogP contribution in [0.15, 0.2) is 11.6 Å². The molecule has 0 aromatic heterocycles. The summed E-state index contributed by atoms with van der Waals surface area (Å²) < 4.78 is 0. The number of carboxylic acids is 1. The number of hydrogen-bond donors (Lipinski definition) is 2. The fraction of sp³-hybridized carbons (Fsp3) is 0.667. The van der Waals surface area contributed by atoms with Gasteiger partial charge in [-0.15, -0.1) is 0 Å². The molecule has 0 aromatic rings. The normalized spacial score (nSPS) is 19.9. The van der Waals surface area contributed by atoms with E-state index in [0.717, 1.165) is 24.8 Å². The fourth-order valence-corrected chi connectivity index (χ4v) is 1.43. The van der Waals surface area contributed by atoms with Gasteiger partial charge in [0.15, 0.2) is 6.10 Å². The number of hydrogen-bond acceptors (Lipinski definition) is 2. The number of rotatable bonds is 3. The molecule has 0 spiro atoms. The van der Waals surface area contributed by atoms with Gasteiger partial charge in [0.1, 0.15) is 0 Å². The van der Waals surface area contributed by atoms with Crippen LogP contribution in [0.1, 0.15) is 32.1 Å². The van der Waals surface area contributed by atoms with Crippen molar-refractivity contribution < 1.29 is 15.0 Å². The van der Waals surface area contributed by atoms with E-state index in [1.54, 1.807) is 0 Å². The van der Waals surface area contributed by atoms with Crippen molar-refractivity contribution in [2.45, 2.75) is 38.2 Å². The molecular weight excluding hydrogens is 156 g/mol. The summed E-state index contributed by atoms with van der Waals surface area (Å²) in [4.78, 5) is 10.3. The molecule has 1 atom stereocenters. The first kappa shape index (κ1) is 9.26. The third-order valence-corrected chi connectivity index (χ3v) is 2.13. The average molecular weight is 170 g/mol. The first-order chi connectivity index (χ1) is 5.70. The molecule has 0 radical (unpaired) electrons. The van der Waals surface area contributed by atoms with E-state index in [0.29, 0.717) is 6.42 Å². The number of aliphatic carboxylic acids is 1. The van der Waals surface area contributed by atoms with Crippen LogP contribution >= 0.6 is 0 Å². The Hall–Kier alpha value is -0.830. The molecule has 1 rings (SSSR count). The van der Waals surface area contributed by atoms with Crippen molar-refractivity contribution in [1.29, 1.82) is 0 Å². The smallest absolute Gasteiger partial charge is 0.332 e. The Morgan fingerprint density at radius 1 is 1.58 bits per heavy atom. The molecule has 1 unspecified atom stereocenters. The fourth-order valence-electron chi connectivity index (χ4n) is 1.43. The molecule has 0 amide bonds. The summed E-state index contributed by atoms with van der Waals surface area (Å²) in [5.41, 5.74) is 1.09. The topological polar surface area (TPSA) is 57.5 Å². The van der Waals surface area contributed by atoms with E-state index in [4.69, 9.17) is 10.2 Å².